The second kappa shape index (κ2) is 8.69. The van der Waals surface area contributed by atoms with E-state index < -0.39 is 22.0 Å². The number of hydrogen-bond donors (Lipinski definition) is 0. The first-order valence-electron chi connectivity index (χ1n) is 11.6. The van der Waals surface area contributed by atoms with Crippen molar-refractivity contribution in [3.63, 3.8) is 0 Å². The van der Waals surface area contributed by atoms with E-state index in [0.29, 0.717) is 29.7 Å². The predicted molar refractivity (Wildman–Crippen MR) is 129 cm³/mol. The second-order valence-corrected chi connectivity index (χ2v) is 11.3. The van der Waals surface area contributed by atoms with Crippen molar-refractivity contribution < 1.29 is 18.0 Å². The van der Waals surface area contributed by atoms with Crippen LogP contribution in [0.1, 0.15) is 59.9 Å². The van der Waals surface area contributed by atoms with Gasteiger partial charge in [0.25, 0.3) is 5.91 Å². The van der Waals surface area contributed by atoms with Crippen LogP contribution in [0.5, 0.6) is 0 Å². The summed E-state index contributed by atoms with van der Waals surface area (Å²) in [7, 11) is -4.01. The van der Waals surface area contributed by atoms with Gasteiger partial charge in [-0.05, 0) is 81.8 Å². The van der Waals surface area contributed by atoms with Crippen LogP contribution in [0.4, 0.5) is 5.69 Å². The Labute approximate surface area is 196 Å². The summed E-state index contributed by atoms with van der Waals surface area (Å²) in [6.07, 6.45) is 3.09. The summed E-state index contributed by atoms with van der Waals surface area (Å²) in [6.45, 7) is 9.39. The van der Waals surface area contributed by atoms with E-state index in [9.17, 15) is 18.0 Å². The number of hydrogen-bond acceptors (Lipinski definition) is 4. The van der Waals surface area contributed by atoms with E-state index in [0.717, 1.165) is 34.4 Å². The zero-order chi connectivity index (χ0) is 24.1. The SMILES string of the molecule is Cc1ccc(N2C(=O)CC(N(C3CCCC3)S(=O)(=O)c3c(C)c(C)cc(C)c3C)C2=O)cc1. The second-order valence-electron chi connectivity index (χ2n) is 9.49. The summed E-state index contributed by atoms with van der Waals surface area (Å²) in [6, 6.07) is 7.85. The van der Waals surface area contributed by atoms with Crippen LogP contribution < -0.4 is 4.90 Å². The minimum Gasteiger partial charge on any atom is -0.274 e. The number of rotatable bonds is 5. The third-order valence-electron chi connectivity index (χ3n) is 7.24. The maximum Gasteiger partial charge on any atom is 0.252 e. The van der Waals surface area contributed by atoms with Crippen molar-refractivity contribution in [2.75, 3.05) is 4.90 Å². The van der Waals surface area contributed by atoms with Gasteiger partial charge in [0.05, 0.1) is 17.0 Å². The van der Waals surface area contributed by atoms with Crippen LogP contribution in [0.25, 0.3) is 0 Å². The molecule has 0 radical (unpaired) electrons. The largest absolute Gasteiger partial charge is 0.274 e. The number of amides is 2. The number of carbonyl (C=O) groups excluding carboxylic acids is 2. The molecule has 2 amide bonds. The lowest BCUT2D eigenvalue weighted by Crippen LogP contribution is -2.50. The highest BCUT2D eigenvalue weighted by molar-refractivity contribution is 7.89. The zero-order valence-electron chi connectivity index (χ0n) is 20.0. The fourth-order valence-electron chi connectivity index (χ4n) is 5.23. The molecule has 2 fully saturated rings. The average molecular weight is 469 g/mol. The summed E-state index contributed by atoms with van der Waals surface area (Å²) in [5, 5.41) is 0. The molecule has 0 bridgehead atoms. The molecule has 2 aromatic carbocycles. The van der Waals surface area contributed by atoms with Crippen molar-refractivity contribution in [1.29, 1.82) is 0 Å². The molecular weight excluding hydrogens is 436 g/mol. The summed E-state index contributed by atoms with van der Waals surface area (Å²) in [4.78, 5) is 28.0. The van der Waals surface area contributed by atoms with Crippen LogP contribution >= 0.6 is 0 Å². The highest BCUT2D eigenvalue weighted by Crippen LogP contribution is 2.38. The van der Waals surface area contributed by atoms with E-state index in [2.05, 4.69) is 0 Å². The van der Waals surface area contributed by atoms with Crippen LogP contribution in [0.3, 0.4) is 0 Å². The van der Waals surface area contributed by atoms with E-state index >= 15 is 0 Å². The number of imide groups is 1. The van der Waals surface area contributed by atoms with Crippen molar-refractivity contribution in [2.24, 2.45) is 0 Å². The van der Waals surface area contributed by atoms with Crippen molar-refractivity contribution in [3.8, 4) is 0 Å². The quantitative estimate of drug-likeness (QED) is 0.606. The lowest BCUT2D eigenvalue weighted by Gasteiger charge is -2.33. The van der Waals surface area contributed by atoms with E-state index in [1.54, 1.807) is 12.1 Å². The molecule has 0 aromatic heterocycles. The molecule has 4 rings (SSSR count). The Kier molecular flexibility index (Phi) is 6.22. The van der Waals surface area contributed by atoms with Crippen molar-refractivity contribution in [3.05, 3.63) is 58.1 Å². The minimum atomic E-state index is -4.01. The molecule has 1 aliphatic heterocycles. The molecule has 1 heterocycles. The van der Waals surface area contributed by atoms with Gasteiger partial charge in [0.15, 0.2) is 0 Å². The number of aryl methyl sites for hydroxylation is 3. The average Bonchev–Trinajstić information content (AvgIpc) is 3.36. The predicted octanol–water partition coefficient (Wildman–Crippen LogP) is 4.49. The Balaban J connectivity index is 1.82. The lowest BCUT2D eigenvalue weighted by molar-refractivity contribution is -0.122. The highest BCUT2D eigenvalue weighted by Gasteiger charge is 2.50. The molecule has 0 N–H and O–H groups in total. The maximum absolute atomic E-state index is 14.2. The van der Waals surface area contributed by atoms with Gasteiger partial charge < -0.3 is 0 Å². The van der Waals surface area contributed by atoms with Gasteiger partial charge in [-0.3, -0.25) is 9.59 Å². The Bertz CT molecular complexity index is 1190. The van der Waals surface area contributed by atoms with Gasteiger partial charge in [-0.2, -0.15) is 4.31 Å². The molecule has 6 nitrogen and oxygen atoms in total. The highest BCUT2D eigenvalue weighted by atomic mass is 32.2. The van der Waals surface area contributed by atoms with Gasteiger partial charge in [0.2, 0.25) is 15.9 Å². The molecule has 1 saturated carbocycles. The standard InChI is InChI=1S/C26H32N2O4S/c1-16-10-12-21(13-11-16)27-24(29)15-23(26(27)30)28(22-8-6-7-9-22)33(31,32)25-19(4)17(2)14-18(3)20(25)5/h10-14,22-23H,6-9,15H2,1-5H3. The number of sulfonamides is 1. The van der Waals surface area contributed by atoms with Crippen LogP contribution in [0.15, 0.2) is 35.2 Å². The van der Waals surface area contributed by atoms with Crippen molar-refractivity contribution in [1.82, 2.24) is 4.31 Å². The van der Waals surface area contributed by atoms with Crippen molar-refractivity contribution >= 4 is 27.5 Å². The molecule has 1 saturated heterocycles. The molecule has 1 atom stereocenters. The summed E-state index contributed by atoms with van der Waals surface area (Å²) in [5.74, 6) is -0.820. The van der Waals surface area contributed by atoms with Gasteiger partial charge in [0.1, 0.15) is 6.04 Å². The first-order valence-corrected chi connectivity index (χ1v) is 13.0. The zero-order valence-corrected chi connectivity index (χ0v) is 20.8. The maximum atomic E-state index is 14.2. The first kappa shape index (κ1) is 23.6. The van der Waals surface area contributed by atoms with Gasteiger partial charge in [-0.15, -0.1) is 0 Å². The summed E-state index contributed by atoms with van der Waals surface area (Å²) < 4.78 is 29.9. The van der Waals surface area contributed by atoms with Gasteiger partial charge in [-0.25, -0.2) is 13.3 Å². The van der Waals surface area contributed by atoms with Gasteiger partial charge in [-0.1, -0.05) is 36.6 Å². The first-order chi connectivity index (χ1) is 15.5. The van der Waals surface area contributed by atoms with Crippen LogP contribution in [0, 0.1) is 34.6 Å². The third-order valence-corrected chi connectivity index (χ3v) is 9.48. The molecule has 2 aromatic rings. The Morgan fingerprint density at radius 1 is 0.879 bits per heavy atom. The van der Waals surface area contributed by atoms with Crippen molar-refractivity contribution in [2.45, 2.75) is 83.7 Å². The van der Waals surface area contributed by atoms with Crippen LogP contribution in [-0.2, 0) is 19.6 Å². The number of nitrogens with zero attached hydrogens (tertiary/aromatic N) is 2. The smallest absolute Gasteiger partial charge is 0.252 e. The fourth-order valence-corrected chi connectivity index (χ4v) is 7.64. The summed E-state index contributed by atoms with van der Waals surface area (Å²) in [5.41, 5.74) is 4.71. The molecule has 7 heteroatoms. The Hall–Kier alpha value is -2.51. The van der Waals surface area contributed by atoms with E-state index in [-0.39, 0.29) is 23.3 Å². The molecule has 176 valence electrons. The normalized spacial score (nSPS) is 19.8. The number of benzene rings is 2. The molecule has 2 aliphatic rings. The van der Waals surface area contributed by atoms with E-state index in [1.165, 1.54) is 4.31 Å². The molecule has 0 spiro atoms. The molecular formula is C26H32N2O4S. The molecule has 33 heavy (non-hydrogen) atoms. The Morgan fingerprint density at radius 2 is 1.42 bits per heavy atom. The molecule has 1 aliphatic carbocycles. The minimum absolute atomic E-state index is 0.134. The van der Waals surface area contributed by atoms with E-state index in [1.807, 2.05) is 52.8 Å². The molecule has 1 unspecified atom stereocenters. The van der Waals surface area contributed by atoms with E-state index in [4.69, 9.17) is 0 Å². The Morgan fingerprint density at radius 3 is 1.97 bits per heavy atom. The monoisotopic (exact) mass is 468 g/mol. The number of anilines is 1. The summed E-state index contributed by atoms with van der Waals surface area (Å²) >= 11 is 0. The van der Waals surface area contributed by atoms with Gasteiger partial charge in [0, 0.05) is 6.04 Å². The number of carbonyl (C=O) groups is 2. The van der Waals surface area contributed by atoms with Gasteiger partial charge >= 0.3 is 0 Å². The van der Waals surface area contributed by atoms with Crippen LogP contribution in [-0.4, -0.2) is 36.6 Å². The topological polar surface area (TPSA) is 74.8 Å². The third kappa shape index (κ3) is 4.02. The fraction of sp³-hybridized carbons (Fsp3) is 0.462. The van der Waals surface area contributed by atoms with Crippen LogP contribution in [0.2, 0.25) is 0 Å². The lowest BCUT2D eigenvalue weighted by atomic mass is 10.0.